The first-order valence-corrected chi connectivity index (χ1v) is 9.60. The van der Waals surface area contributed by atoms with E-state index < -0.39 is 0 Å². The fourth-order valence-corrected chi connectivity index (χ4v) is 4.20. The smallest absolute Gasteiger partial charge is 0.257 e. The van der Waals surface area contributed by atoms with Crippen LogP contribution in [-0.2, 0) is 0 Å². The number of likely N-dealkylation sites (tertiary alicyclic amines) is 1. The van der Waals surface area contributed by atoms with E-state index in [1.165, 1.54) is 14.2 Å². The summed E-state index contributed by atoms with van der Waals surface area (Å²) in [6.45, 7) is 3.31. The molecule has 0 unspecified atom stereocenters. The molecule has 0 radical (unpaired) electrons. The summed E-state index contributed by atoms with van der Waals surface area (Å²) in [5, 5.41) is 0. The molecule has 29 heavy (non-hydrogen) atoms. The number of para-hydroxylation sites is 2. The highest BCUT2D eigenvalue weighted by molar-refractivity contribution is 5.98. The molecule has 7 heteroatoms. The van der Waals surface area contributed by atoms with Crippen LogP contribution in [0, 0.1) is 6.92 Å². The number of benzene rings is 2. The highest BCUT2D eigenvalue weighted by Crippen LogP contribution is 2.40. The minimum atomic E-state index is -0.0765. The standard InChI is InChI=1S/C22H25N3O4/c1-14-23-17-7-5-6-8-18(17)25(14)15-11-12-24(13-15)22(26)16-9-10-19(27-2)21(29-4)20(16)28-3/h5-10,15H,11-13H2,1-4H3/t15-/m1/s1. The van der Waals surface area contributed by atoms with Gasteiger partial charge in [-0.2, -0.15) is 0 Å². The maximum Gasteiger partial charge on any atom is 0.257 e. The second kappa shape index (κ2) is 7.66. The van der Waals surface area contributed by atoms with Crippen molar-refractivity contribution in [2.24, 2.45) is 0 Å². The summed E-state index contributed by atoms with van der Waals surface area (Å²) in [7, 11) is 4.62. The van der Waals surface area contributed by atoms with Crippen LogP contribution in [0.2, 0.25) is 0 Å². The normalized spacial score (nSPS) is 16.3. The summed E-state index contributed by atoms with van der Waals surface area (Å²) >= 11 is 0. The van der Waals surface area contributed by atoms with E-state index in [4.69, 9.17) is 14.2 Å². The van der Waals surface area contributed by atoms with Gasteiger partial charge >= 0.3 is 0 Å². The molecule has 1 aliphatic rings. The van der Waals surface area contributed by atoms with Gasteiger partial charge in [0.15, 0.2) is 11.5 Å². The minimum Gasteiger partial charge on any atom is -0.493 e. The Balaban J connectivity index is 1.63. The van der Waals surface area contributed by atoms with Crippen molar-refractivity contribution in [3.63, 3.8) is 0 Å². The number of rotatable bonds is 5. The van der Waals surface area contributed by atoms with E-state index in [0.29, 0.717) is 35.9 Å². The number of ether oxygens (including phenoxy) is 3. The third-order valence-corrected chi connectivity index (χ3v) is 5.52. The largest absolute Gasteiger partial charge is 0.493 e. The number of aromatic nitrogens is 2. The van der Waals surface area contributed by atoms with Gasteiger partial charge in [0.2, 0.25) is 5.75 Å². The van der Waals surface area contributed by atoms with Gasteiger partial charge in [0.25, 0.3) is 5.91 Å². The van der Waals surface area contributed by atoms with Crippen LogP contribution in [0.4, 0.5) is 0 Å². The summed E-state index contributed by atoms with van der Waals surface area (Å²) in [6.07, 6.45) is 0.878. The number of aryl methyl sites for hydroxylation is 1. The molecular weight excluding hydrogens is 370 g/mol. The first-order chi connectivity index (χ1) is 14.1. The van der Waals surface area contributed by atoms with Crippen LogP contribution in [0.1, 0.15) is 28.6 Å². The Labute approximate surface area is 169 Å². The van der Waals surface area contributed by atoms with Gasteiger partial charge in [-0.05, 0) is 37.6 Å². The molecule has 2 aromatic carbocycles. The predicted molar refractivity (Wildman–Crippen MR) is 110 cm³/mol. The van der Waals surface area contributed by atoms with E-state index in [0.717, 1.165) is 23.3 Å². The van der Waals surface area contributed by atoms with E-state index in [1.807, 2.05) is 30.0 Å². The lowest BCUT2D eigenvalue weighted by Crippen LogP contribution is -2.29. The van der Waals surface area contributed by atoms with Crippen LogP contribution >= 0.6 is 0 Å². The zero-order valence-corrected chi connectivity index (χ0v) is 17.1. The Morgan fingerprint density at radius 3 is 2.52 bits per heavy atom. The van der Waals surface area contributed by atoms with Crippen LogP contribution in [0.25, 0.3) is 11.0 Å². The van der Waals surface area contributed by atoms with Crippen molar-refractivity contribution in [1.29, 1.82) is 0 Å². The average molecular weight is 395 g/mol. The van der Waals surface area contributed by atoms with Crippen LogP contribution in [0.5, 0.6) is 17.2 Å². The van der Waals surface area contributed by atoms with Gasteiger partial charge in [0.05, 0.1) is 44.0 Å². The summed E-state index contributed by atoms with van der Waals surface area (Å²) < 4.78 is 18.5. The second-order valence-corrected chi connectivity index (χ2v) is 7.09. The Morgan fingerprint density at radius 2 is 1.79 bits per heavy atom. The van der Waals surface area contributed by atoms with Crippen molar-refractivity contribution < 1.29 is 19.0 Å². The molecule has 7 nitrogen and oxygen atoms in total. The second-order valence-electron chi connectivity index (χ2n) is 7.09. The predicted octanol–water partition coefficient (Wildman–Crippen LogP) is 3.46. The van der Waals surface area contributed by atoms with E-state index in [-0.39, 0.29) is 11.9 Å². The summed E-state index contributed by atoms with van der Waals surface area (Å²) in [4.78, 5) is 19.8. The zero-order chi connectivity index (χ0) is 20.5. The Hall–Kier alpha value is -3.22. The monoisotopic (exact) mass is 395 g/mol. The first-order valence-electron chi connectivity index (χ1n) is 9.60. The van der Waals surface area contributed by atoms with Crippen LogP contribution in [0.15, 0.2) is 36.4 Å². The molecule has 1 amide bonds. The molecule has 1 atom stereocenters. The van der Waals surface area contributed by atoms with Crippen molar-refractivity contribution in [3.05, 3.63) is 47.8 Å². The number of carbonyl (C=O) groups excluding carboxylic acids is 1. The van der Waals surface area contributed by atoms with Crippen LogP contribution in [-0.4, -0.2) is 54.8 Å². The third kappa shape index (κ3) is 3.16. The lowest BCUT2D eigenvalue weighted by Gasteiger charge is -2.21. The topological polar surface area (TPSA) is 65.8 Å². The number of carbonyl (C=O) groups is 1. The first kappa shape index (κ1) is 19.1. The van der Waals surface area contributed by atoms with Gasteiger partial charge in [-0.25, -0.2) is 4.98 Å². The van der Waals surface area contributed by atoms with Gasteiger partial charge in [-0.15, -0.1) is 0 Å². The molecule has 0 bridgehead atoms. The van der Waals surface area contributed by atoms with Crippen molar-refractivity contribution >= 4 is 16.9 Å². The van der Waals surface area contributed by atoms with Gasteiger partial charge in [0.1, 0.15) is 5.82 Å². The van der Waals surface area contributed by atoms with E-state index in [2.05, 4.69) is 15.6 Å². The maximum absolute atomic E-state index is 13.3. The number of imidazole rings is 1. The van der Waals surface area contributed by atoms with Gasteiger partial charge in [-0.3, -0.25) is 4.79 Å². The number of amides is 1. The van der Waals surface area contributed by atoms with E-state index in [9.17, 15) is 4.79 Å². The fraction of sp³-hybridized carbons (Fsp3) is 0.364. The molecule has 4 rings (SSSR count). The Bertz CT molecular complexity index is 1060. The lowest BCUT2D eigenvalue weighted by molar-refractivity contribution is 0.0783. The number of hydrogen-bond acceptors (Lipinski definition) is 5. The number of hydrogen-bond donors (Lipinski definition) is 0. The minimum absolute atomic E-state index is 0.0765. The molecule has 0 N–H and O–H groups in total. The van der Waals surface area contributed by atoms with E-state index in [1.54, 1.807) is 19.2 Å². The molecule has 1 saturated heterocycles. The van der Waals surface area contributed by atoms with E-state index >= 15 is 0 Å². The Morgan fingerprint density at radius 1 is 1.03 bits per heavy atom. The molecule has 152 valence electrons. The SMILES string of the molecule is COc1ccc(C(=O)N2CC[C@@H](n3c(C)nc4ccccc43)C2)c(OC)c1OC. The number of nitrogens with zero attached hydrogens (tertiary/aromatic N) is 3. The number of fused-ring (bicyclic) bond motifs is 1. The van der Waals surface area contributed by atoms with Gasteiger partial charge < -0.3 is 23.7 Å². The molecular formula is C22H25N3O4. The highest BCUT2D eigenvalue weighted by atomic mass is 16.5. The molecule has 1 aromatic heterocycles. The molecule has 1 aliphatic heterocycles. The molecule has 0 aliphatic carbocycles. The van der Waals surface area contributed by atoms with Crippen molar-refractivity contribution in [2.75, 3.05) is 34.4 Å². The number of methoxy groups -OCH3 is 3. The molecule has 0 saturated carbocycles. The third-order valence-electron chi connectivity index (χ3n) is 5.52. The van der Waals surface area contributed by atoms with Crippen molar-refractivity contribution in [2.45, 2.75) is 19.4 Å². The van der Waals surface area contributed by atoms with Crippen LogP contribution in [0.3, 0.4) is 0 Å². The lowest BCUT2D eigenvalue weighted by atomic mass is 10.1. The molecule has 0 spiro atoms. The molecule has 3 aromatic rings. The summed E-state index contributed by atoms with van der Waals surface area (Å²) in [5.74, 6) is 2.24. The maximum atomic E-state index is 13.3. The fourth-order valence-electron chi connectivity index (χ4n) is 4.20. The van der Waals surface area contributed by atoms with Crippen molar-refractivity contribution in [1.82, 2.24) is 14.5 Å². The zero-order valence-electron chi connectivity index (χ0n) is 17.1. The molecule has 1 fully saturated rings. The summed E-state index contributed by atoms with van der Waals surface area (Å²) in [6, 6.07) is 11.8. The quantitative estimate of drug-likeness (QED) is 0.662. The summed E-state index contributed by atoms with van der Waals surface area (Å²) in [5.41, 5.74) is 2.56. The van der Waals surface area contributed by atoms with Gasteiger partial charge in [-0.1, -0.05) is 12.1 Å². The van der Waals surface area contributed by atoms with Crippen molar-refractivity contribution in [3.8, 4) is 17.2 Å². The average Bonchev–Trinajstić information content (AvgIpc) is 3.35. The highest BCUT2D eigenvalue weighted by Gasteiger charge is 2.32. The van der Waals surface area contributed by atoms with Gasteiger partial charge in [0, 0.05) is 13.1 Å². The Kier molecular flexibility index (Phi) is 5.05. The van der Waals surface area contributed by atoms with Crippen LogP contribution < -0.4 is 14.2 Å². The molecule has 2 heterocycles.